The highest BCUT2D eigenvalue weighted by molar-refractivity contribution is 6.32. The Kier molecular flexibility index (Phi) is 12.2. The fourth-order valence-electron chi connectivity index (χ4n) is 8.28. The molecule has 0 saturated heterocycles. The molecule has 3 amide bonds. The predicted octanol–water partition coefficient (Wildman–Crippen LogP) is 0.940. The van der Waals surface area contributed by atoms with Gasteiger partial charge in [-0.05, 0) is 77.4 Å². The van der Waals surface area contributed by atoms with Crippen molar-refractivity contribution in [1.82, 2.24) is 9.80 Å². The van der Waals surface area contributed by atoms with E-state index >= 15 is 0 Å². The van der Waals surface area contributed by atoms with Gasteiger partial charge in [0.15, 0.2) is 34.7 Å². The second-order valence-corrected chi connectivity index (χ2v) is 16.2. The van der Waals surface area contributed by atoms with E-state index in [2.05, 4.69) is 5.32 Å². The van der Waals surface area contributed by atoms with E-state index < -0.39 is 107 Å². The molecule has 0 radical (unpaired) electrons. The number of phenols is 1. The minimum atomic E-state index is -2.91. The van der Waals surface area contributed by atoms with Gasteiger partial charge in [0.2, 0.25) is 18.6 Å². The minimum Gasteiger partial charge on any atom is -0.505 e. The number of nitrogens with one attached hydrogen (secondary N) is 1. The topological polar surface area (TPSA) is 262 Å². The number of hydrogen-bond donors (Lipinski definition) is 4. The van der Waals surface area contributed by atoms with E-state index in [1.807, 2.05) is 0 Å². The molecule has 0 aromatic heterocycles. The average molecular weight is 824 g/mol. The number of aromatic hydroxyl groups is 1. The van der Waals surface area contributed by atoms with Crippen LogP contribution in [0.15, 0.2) is 24.3 Å². The lowest BCUT2D eigenvalue weighted by Gasteiger charge is -2.52. The number of hydrogen-bond acceptors (Lipinski definition) is 16. The summed E-state index contributed by atoms with van der Waals surface area (Å²) in [7, 11) is 9.10. The number of ketones is 4. The van der Waals surface area contributed by atoms with Crippen molar-refractivity contribution < 1.29 is 67.5 Å². The second-order valence-electron chi connectivity index (χ2n) is 16.2. The molecule has 19 heteroatoms. The fraction of sp³-hybridized carbons (Fsp3) is 0.500. The number of rotatable bonds is 11. The van der Waals surface area contributed by atoms with Crippen LogP contribution < -0.4 is 25.4 Å². The molecule has 19 nitrogen and oxygen atoms in total. The van der Waals surface area contributed by atoms with E-state index in [1.54, 1.807) is 45.8 Å². The van der Waals surface area contributed by atoms with Crippen molar-refractivity contribution in [2.45, 2.75) is 50.8 Å². The molecule has 0 spiro atoms. The maximum absolute atomic E-state index is 14.4. The van der Waals surface area contributed by atoms with Gasteiger partial charge in [0.1, 0.15) is 23.8 Å². The fourth-order valence-corrected chi connectivity index (χ4v) is 8.28. The average Bonchev–Trinajstić information content (AvgIpc) is 3.15. The maximum atomic E-state index is 14.4. The third-order valence-electron chi connectivity index (χ3n) is 11.1. The highest BCUT2D eigenvalue weighted by atomic mass is 16.7. The highest BCUT2D eigenvalue weighted by Crippen LogP contribution is 2.52. The van der Waals surface area contributed by atoms with Crippen molar-refractivity contribution in [3.8, 4) is 17.2 Å². The van der Waals surface area contributed by atoms with E-state index in [-0.39, 0.29) is 29.7 Å². The van der Waals surface area contributed by atoms with Gasteiger partial charge >= 0.3 is 12.1 Å². The van der Waals surface area contributed by atoms with Crippen LogP contribution in [-0.4, -0.2) is 140 Å². The van der Waals surface area contributed by atoms with Crippen LogP contribution in [-0.2, 0) is 39.9 Å². The van der Waals surface area contributed by atoms with Gasteiger partial charge in [0.05, 0.1) is 43.0 Å². The summed E-state index contributed by atoms with van der Waals surface area (Å²) in [5.74, 6) is -13.4. The Morgan fingerprint density at radius 1 is 0.932 bits per heavy atom. The minimum absolute atomic E-state index is 0.000709. The standard InChI is InChI=1S/C40H49N5O14/c1-39(2,3)45(38(54)59-17-58-37(53)19-10-20(56-8)14-21(11-19)57-9)16-26(46)42-24-15-25(43(4)5)22-12-18-13-23-30(44(6)7)33(49)29(36(41)52)35(51)40(23,55)34(50)27(18)32(48)28(22)31(24)47/h10-11,14-15,18,23,27,29-30,47,55H,12-13,16-17H2,1-9H3,(H2,41,52)(H,42,46)/t18-,23-,27?,29?,30-,40-/m0/s1. The lowest BCUT2D eigenvalue weighted by atomic mass is 9.52. The van der Waals surface area contributed by atoms with Crippen molar-refractivity contribution in [3.05, 3.63) is 41.0 Å². The summed E-state index contributed by atoms with van der Waals surface area (Å²) < 4.78 is 20.6. The zero-order valence-corrected chi connectivity index (χ0v) is 34.2. The number of nitrogens with zero attached hydrogens (tertiary/aromatic N) is 3. The lowest BCUT2D eigenvalue weighted by molar-refractivity contribution is -0.181. The summed E-state index contributed by atoms with van der Waals surface area (Å²) in [6.07, 6.45) is -1.17. The zero-order valence-electron chi connectivity index (χ0n) is 34.2. The van der Waals surface area contributed by atoms with Crippen molar-refractivity contribution in [2.75, 3.05) is 66.0 Å². The Hall–Kier alpha value is -6.08. The van der Waals surface area contributed by atoms with Crippen LogP contribution in [0.4, 0.5) is 16.2 Å². The molecule has 2 saturated carbocycles. The summed E-state index contributed by atoms with van der Waals surface area (Å²) in [6.45, 7) is 3.39. The van der Waals surface area contributed by atoms with Crippen molar-refractivity contribution >= 4 is 58.4 Å². The quantitative estimate of drug-likeness (QED) is 0.106. The summed E-state index contributed by atoms with van der Waals surface area (Å²) in [4.78, 5) is 112. The van der Waals surface area contributed by atoms with E-state index in [9.17, 15) is 48.6 Å². The van der Waals surface area contributed by atoms with Crippen LogP contribution in [0.1, 0.15) is 53.5 Å². The number of primary amides is 1. The third-order valence-corrected chi connectivity index (χ3v) is 11.1. The molecule has 2 fully saturated rings. The summed E-state index contributed by atoms with van der Waals surface area (Å²) in [5.41, 5.74) is 1.63. The van der Waals surface area contributed by atoms with Gasteiger partial charge in [-0.25, -0.2) is 9.59 Å². The molecule has 3 aliphatic carbocycles. The van der Waals surface area contributed by atoms with Gasteiger partial charge in [-0.2, -0.15) is 0 Å². The summed E-state index contributed by atoms with van der Waals surface area (Å²) in [5, 5.41) is 26.0. The molecule has 6 atom stereocenters. The normalized spacial score (nSPS) is 23.7. The van der Waals surface area contributed by atoms with E-state index in [1.165, 1.54) is 51.4 Å². The Morgan fingerprint density at radius 3 is 2.07 bits per heavy atom. The van der Waals surface area contributed by atoms with Gasteiger partial charge in [-0.3, -0.25) is 38.6 Å². The first-order chi connectivity index (χ1) is 27.5. The van der Waals surface area contributed by atoms with Crippen LogP contribution in [0, 0.1) is 23.7 Å². The van der Waals surface area contributed by atoms with Crippen LogP contribution in [0.25, 0.3) is 0 Å². The number of methoxy groups -OCH3 is 2. The van der Waals surface area contributed by atoms with E-state index in [4.69, 9.17) is 24.7 Å². The number of carbonyl (C=O) groups excluding carboxylic acids is 8. The van der Waals surface area contributed by atoms with Gasteiger partial charge in [0, 0.05) is 37.3 Å². The number of likely N-dealkylation sites (N-methyl/N-ethyl adjacent to an activating group) is 1. The molecule has 2 aromatic rings. The van der Waals surface area contributed by atoms with Crippen molar-refractivity contribution in [1.29, 1.82) is 0 Å². The largest absolute Gasteiger partial charge is 0.505 e. The number of fused-ring (bicyclic) bond motifs is 3. The number of nitrogens with two attached hydrogens (primary N) is 1. The number of ether oxygens (including phenoxy) is 4. The number of benzene rings is 2. The molecule has 318 valence electrons. The molecule has 5 N–H and O–H groups in total. The van der Waals surface area contributed by atoms with Gasteiger partial charge in [0.25, 0.3) is 0 Å². The summed E-state index contributed by atoms with van der Waals surface area (Å²) >= 11 is 0. The van der Waals surface area contributed by atoms with Crippen LogP contribution >= 0.6 is 0 Å². The monoisotopic (exact) mass is 823 g/mol. The molecule has 5 rings (SSSR count). The number of amides is 3. The molecule has 0 aliphatic heterocycles. The number of carbonyl (C=O) groups is 8. The SMILES string of the molecule is COc1cc(OC)cc(C(=O)OCOC(=O)N(CC(=O)Nc2cc(N(C)C)c3c(c2O)C(=O)C2C(=O)[C@]4(O)C(=O)C(C(N)=O)C(=O)[C@@H](N(C)C)[C@@H]4C[C@@H]2C3)C(C)(C)C)c1. The Balaban J connectivity index is 1.39. The van der Waals surface area contributed by atoms with Gasteiger partial charge in [-0.1, -0.05) is 0 Å². The van der Waals surface area contributed by atoms with Crippen molar-refractivity contribution in [3.63, 3.8) is 0 Å². The van der Waals surface area contributed by atoms with Crippen molar-refractivity contribution in [2.24, 2.45) is 29.4 Å². The molecular formula is C40H49N5O14. The van der Waals surface area contributed by atoms with Crippen LogP contribution in [0.2, 0.25) is 0 Å². The molecule has 2 aromatic carbocycles. The smallest absolute Gasteiger partial charge is 0.413 e. The number of Topliss-reactive ketones (excluding diaryl/α,β-unsaturated/α-hetero) is 4. The van der Waals surface area contributed by atoms with E-state index in [0.717, 1.165) is 4.90 Å². The molecule has 2 unspecified atom stereocenters. The molecule has 59 heavy (non-hydrogen) atoms. The highest BCUT2D eigenvalue weighted by Gasteiger charge is 2.69. The molecular weight excluding hydrogens is 774 g/mol. The predicted molar refractivity (Wildman–Crippen MR) is 207 cm³/mol. The number of aliphatic hydroxyl groups is 1. The number of anilines is 2. The molecule has 0 bridgehead atoms. The first kappa shape index (κ1) is 44.0. The van der Waals surface area contributed by atoms with Crippen LogP contribution in [0.5, 0.6) is 17.2 Å². The second kappa shape index (κ2) is 16.3. The van der Waals surface area contributed by atoms with Gasteiger partial charge < -0.3 is 45.1 Å². The molecule has 0 heterocycles. The maximum Gasteiger partial charge on any atom is 0.413 e. The Morgan fingerprint density at radius 2 is 1.54 bits per heavy atom. The van der Waals surface area contributed by atoms with E-state index in [0.29, 0.717) is 22.7 Å². The number of esters is 1. The van der Waals surface area contributed by atoms with Crippen LogP contribution in [0.3, 0.4) is 0 Å². The summed E-state index contributed by atoms with van der Waals surface area (Å²) in [6, 6.07) is 4.51. The Labute approximate surface area is 339 Å². The lowest BCUT2D eigenvalue weighted by Crippen LogP contribution is -2.74. The molecule has 3 aliphatic rings. The third kappa shape index (κ3) is 7.91. The zero-order chi connectivity index (χ0) is 44.0. The number of phenolic OH excluding ortho intramolecular Hbond substituents is 1. The first-order valence-corrected chi connectivity index (χ1v) is 18.5. The van der Waals surface area contributed by atoms with Gasteiger partial charge in [-0.15, -0.1) is 0 Å². The first-order valence-electron chi connectivity index (χ1n) is 18.5. The Bertz CT molecular complexity index is 2100.